The summed E-state index contributed by atoms with van der Waals surface area (Å²) in [5, 5.41) is 23.3. The van der Waals surface area contributed by atoms with Crippen molar-refractivity contribution in [2.24, 2.45) is 0 Å². The van der Waals surface area contributed by atoms with Crippen molar-refractivity contribution >= 4 is 11.9 Å². The first kappa shape index (κ1) is 62.3. The average Bonchev–Trinajstić information content (AvgIpc) is 3.29. The number of aliphatic hydroxyl groups is 2. The van der Waals surface area contributed by atoms with Crippen molar-refractivity contribution in [3.63, 3.8) is 0 Å². The first-order valence-electron chi connectivity index (χ1n) is 28.6. The van der Waals surface area contributed by atoms with Gasteiger partial charge in [-0.25, -0.2) is 0 Å². The third kappa shape index (κ3) is 49.8. The van der Waals surface area contributed by atoms with Gasteiger partial charge < -0.3 is 20.3 Å². The Morgan fingerprint density at radius 2 is 0.734 bits per heavy atom. The van der Waals surface area contributed by atoms with Gasteiger partial charge in [0.1, 0.15) is 0 Å². The largest absolute Gasteiger partial charge is 0.466 e. The number of hydrogen-bond acceptors (Lipinski definition) is 5. The summed E-state index contributed by atoms with van der Waals surface area (Å²) in [4.78, 5) is 24.5. The maximum Gasteiger partial charge on any atom is 0.305 e. The molecule has 0 heterocycles. The number of rotatable bonds is 53. The summed E-state index contributed by atoms with van der Waals surface area (Å²) in [6.45, 7) is 4.92. The highest BCUT2D eigenvalue weighted by Gasteiger charge is 2.20. The number of amides is 1. The summed E-state index contributed by atoms with van der Waals surface area (Å²) in [6.07, 6.45) is 64.5. The molecule has 0 rings (SSSR count). The van der Waals surface area contributed by atoms with Crippen LogP contribution in [-0.4, -0.2) is 47.4 Å². The van der Waals surface area contributed by atoms with Crippen LogP contribution < -0.4 is 5.32 Å². The van der Waals surface area contributed by atoms with Gasteiger partial charge in [-0.15, -0.1) is 0 Å². The van der Waals surface area contributed by atoms with Gasteiger partial charge in [0.25, 0.3) is 0 Å². The predicted molar refractivity (Wildman–Crippen MR) is 278 cm³/mol. The fraction of sp³-hybridized carbons (Fsp3) is 0.897. The van der Waals surface area contributed by atoms with Crippen molar-refractivity contribution in [2.45, 2.75) is 321 Å². The molecule has 0 saturated carbocycles. The van der Waals surface area contributed by atoms with Gasteiger partial charge in [0, 0.05) is 12.8 Å². The smallest absolute Gasteiger partial charge is 0.305 e. The molecule has 64 heavy (non-hydrogen) atoms. The lowest BCUT2D eigenvalue weighted by Gasteiger charge is -2.22. The minimum Gasteiger partial charge on any atom is -0.466 e. The Hall–Kier alpha value is -1.66. The molecule has 2 atom stereocenters. The second-order valence-corrected chi connectivity index (χ2v) is 19.6. The van der Waals surface area contributed by atoms with Crippen LogP contribution in [0.2, 0.25) is 0 Å². The second kappa shape index (κ2) is 54.0. The van der Waals surface area contributed by atoms with Gasteiger partial charge in [-0.3, -0.25) is 9.59 Å². The van der Waals surface area contributed by atoms with E-state index in [9.17, 15) is 19.8 Å². The minimum atomic E-state index is -0.675. The molecule has 2 unspecified atom stereocenters. The summed E-state index contributed by atoms with van der Waals surface area (Å²) in [5.74, 6) is -0.0628. The van der Waals surface area contributed by atoms with Crippen molar-refractivity contribution in [3.8, 4) is 0 Å². The Balaban J connectivity index is 3.48. The summed E-state index contributed by atoms with van der Waals surface area (Å²) >= 11 is 0. The number of nitrogens with one attached hydrogen (secondary N) is 1. The number of allylic oxidation sites excluding steroid dienone is 4. The van der Waals surface area contributed by atoms with Crippen LogP contribution in [0.1, 0.15) is 309 Å². The van der Waals surface area contributed by atoms with E-state index in [4.69, 9.17) is 4.74 Å². The van der Waals surface area contributed by atoms with Crippen LogP contribution in [0.15, 0.2) is 24.3 Å². The van der Waals surface area contributed by atoms with Gasteiger partial charge in [0.05, 0.1) is 25.4 Å². The van der Waals surface area contributed by atoms with E-state index in [1.54, 1.807) is 0 Å². The molecule has 0 aliphatic heterocycles. The number of esters is 1. The number of ether oxygens (including phenoxy) is 1. The van der Waals surface area contributed by atoms with Gasteiger partial charge in [-0.2, -0.15) is 0 Å². The number of aliphatic hydroxyl groups excluding tert-OH is 2. The molecule has 0 radical (unpaired) electrons. The summed E-state index contributed by atoms with van der Waals surface area (Å²) < 4.78 is 5.45. The van der Waals surface area contributed by atoms with Crippen LogP contribution in [0.5, 0.6) is 0 Å². The lowest BCUT2D eigenvalue weighted by Crippen LogP contribution is -2.45. The fourth-order valence-electron chi connectivity index (χ4n) is 8.81. The topological polar surface area (TPSA) is 95.9 Å². The molecule has 1 amide bonds. The SMILES string of the molecule is CCCCC/C=C\CCCCCCCC(=O)OCCCCCCCCC/C=C\CCCCCCCC(=O)NC(CO)C(O)CCCCCCCCCCCCCCCCCCCCC. The molecule has 3 N–H and O–H groups in total. The van der Waals surface area contributed by atoms with E-state index >= 15 is 0 Å². The van der Waals surface area contributed by atoms with Crippen molar-refractivity contribution in [1.29, 1.82) is 0 Å². The fourth-order valence-corrected chi connectivity index (χ4v) is 8.81. The number of hydrogen-bond donors (Lipinski definition) is 3. The zero-order chi connectivity index (χ0) is 46.5. The van der Waals surface area contributed by atoms with Crippen LogP contribution in [-0.2, 0) is 14.3 Å². The zero-order valence-electron chi connectivity index (χ0n) is 43.0. The van der Waals surface area contributed by atoms with E-state index in [-0.39, 0.29) is 18.5 Å². The number of carbonyl (C=O) groups excluding carboxylic acids is 2. The van der Waals surface area contributed by atoms with Gasteiger partial charge in [0.15, 0.2) is 0 Å². The maximum absolute atomic E-state index is 12.5. The van der Waals surface area contributed by atoms with Gasteiger partial charge in [-0.05, 0) is 77.0 Å². The lowest BCUT2D eigenvalue weighted by atomic mass is 10.0. The van der Waals surface area contributed by atoms with Crippen molar-refractivity contribution < 1.29 is 24.5 Å². The molecular formula is C58H111NO5. The van der Waals surface area contributed by atoms with E-state index in [1.807, 2.05) is 0 Å². The van der Waals surface area contributed by atoms with Crippen LogP contribution in [0, 0.1) is 0 Å². The molecular weight excluding hydrogens is 791 g/mol. The number of unbranched alkanes of at least 4 members (excludes halogenated alkanes) is 38. The molecule has 6 nitrogen and oxygen atoms in total. The van der Waals surface area contributed by atoms with E-state index in [1.165, 1.54) is 212 Å². The van der Waals surface area contributed by atoms with Crippen molar-refractivity contribution in [2.75, 3.05) is 13.2 Å². The maximum atomic E-state index is 12.5. The van der Waals surface area contributed by atoms with Crippen molar-refractivity contribution in [1.82, 2.24) is 5.32 Å². The predicted octanol–water partition coefficient (Wildman–Crippen LogP) is 17.5. The molecule has 378 valence electrons. The average molecular weight is 903 g/mol. The molecule has 0 aromatic heterocycles. The standard InChI is InChI=1S/C58H111NO5/c1-3-5-7-9-11-13-15-17-18-19-20-21-24-27-30-34-38-42-46-50-56(61)55(54-60)59-57(62)51-47-43-39-35-31-28-25-22-23-26-29-33-37-41-45-49-53-64-58(63)52-48-44-40-36-32-16-14-12-10-8-6-4-2/h12,14,22,25,55-56,60-61H,3-11,13,15-21,23-24,26-54H2,1-2H3,(H,59,62)/b14-12-,25-22-. The highest BCUT2D eigenvalue weighted by molar-refractivity contribution is 5.76. The highest BCUT2D eigenvalue weighted by atomic mass is 16.5. The van der Waals surface area contributed by atoms with Gasteiger partial charge >= 0.3 is 5.97 Å². The first-order valence-corrected chi connectivity index (χ1v) is 28.6. The quantitative estimate of drug-likeness (QED) is 0.0321. The molecule has 6 heteroatoms. The van der Waals surface area contributed by atoms with Gasteiger partial charge in [0.2, 0.25) is 5.91 Å². The molecule has 0 spiro atoms. The summed E-state index contributed by atoms with van der Waals surface area (Å²) in [7, 11) is 0. The third-order valence-electron chi connectivity index (χ3n) is 13.2. The first-order chi connectivity index (χ1) is 31.5. The van der Waals surface area contributed by atoms with Crippen molar-refractivity contribution in [3.05, 3.63) is 24.3 Å². The Morgan fingerprint density at radius 1 is 0.422 bits per heavy atom. The Bertz CT molecular complexity index is 997. The monoisotopic (exact) mass is 902 g/mol. The van der Waals surface area contributed by atoms with E-state index in [0.29, 0.717) is 25.9 Å². The molecule has 0 aliphatic carbocycles. The Kier molecular flexibility index (Phi) is 52.6. The van der Waals surface area contributed by atoms with Crippen LogP contribution in [0.25, 0.3) is 0 Å². The zero-order valence-corrected chi connectivity index (χ0v) is 43.0. The van der Waals surface area contributed by atoms with E-state index < -0.39 is 12.1 Å². The number of carbonyl (C=O) groups is 2. The summed E-state index contributed by atoms with van der Waals surface area (Å²) in [6, 6.07) is -0.554. The normalized spacial score (nSPS) is 12.8. The van der Waals surface area contributed by atoms with Crippen LogP contribution in [0.3, 0.4) is 0 Å². The lowest BCUT2D eigenvalue weighted by molar-refractivity contribution is -0.143. The highest BCUT2D eigenvalue weighted by Crippen LogP contribution is 2.17. The molecule has 0 aliphatic rings. The molecule has 0 saturated heterocycles. The van der Waals surface area contributed by atoms with Crippen LogP contribution in [0.4, 0.5) is 0 Å². The molecule has 0 fully saturated rings. The second-order valence-electron chi connectivity index (χ2n) is 19.6. The minimum absolute atomic E-state index is 0.0126. The van der Waals surface area contributed by atoms with Crippen LogP contribution >= 0.6 is 0 Å². The Labute approximate surface area is 399 Å². The Morgan fingerprint density at radius 3 is 1.14 bits per heavy atom. The third-order valence-corrected chi connectivity index (χ3v) is 13.2. The molecule has 0 bridgehead atoms. The van der Waals surface area contributed by atoms with Gasteiger partial charge in [-0.1, -0.05) is 244 Å². The summed E-state index contributed by atoms with van der Waals surface area (Å²) in [5.41, 5.74) is 0. The molecule has 0 aromatic carbocycles. The molecule has 0 aromatic rings. The van der Waals surface area contributed by atoms with E-state index in [0.717, 1.165) is 64.2 Å². The van der Waals surface area contributed by atoms with E-state index in [2.05, 4.69) is 43.5 Å².